The molecule has 0 fully saturated rings. The topological polar surface area (TPSA) is 99.3 Å². The van der Waals surface area contributed by atoms with Gasteiger partial charge in [-0.05, 0) is 63.5 Å². The van der Waals surface area contributed by atoms with E-state index in [0.29, 0.717) is 22.4 Å². The number of ether oxygens (including phenoxy) is 1. The van der Waals surface area contributed by atoms with Crippen molar-refractivity contribution in [3.8, 4) is 11.5 Å². The van der Waals surface area contributed by atoms with Crippen LogP contribution in [-0.4, -0.2) is 25.6 Å². The highest BCUT2D eigenvalue weighted by Gasteiger charge is 2.18. The van der Waals surface area contributed by atoms with Crippen LogP contribution in [0.2, 0.25) is 0 Å². The van der Waals surface area contributed by atoms with Gasteiger partial charge in [0.25, 0.3) is 5.91 Å². The fourth-order valence-electron chi connectivity index (χ4n) is 2.97. The minimum Gasteiger partial charge on any atom is -0.455 e. The van der Waals surface area contributed by atoms with Crippen LogP contribution in [0.4, 0.5) is 4.39 Å². The molecule has 6 nitrogen and oxygen atoms in total. The van der Waals surface area contributed by atoms with Crippen molar-refractivity contribution in [3.63, 3.8) is 0 Å². The van der Waals surface area contributed by atoms with Crippen LogP contribution in [0.25, 0.3) is 0 Å². The van der Waals surface area contributed by atoms with Gasteiger partial charge in [0, 0.05) is 22.4 Å². The summed E-state index contributed by atoms with van der Waals surface area (Å²) in [6.45, 7) is 0. The second-order valence-corrected chi connectivity index (χ2v) is 10.2. The SMILES string of the molecule is CS(=O)(=O)Cc1cccc(Oc2cncc(Cc3ccc(I)cc3F)c2C(N)=O)c1. The molecule has 0 saturated heterocycles. The Morgan fingerprint density at radius 3 is 2.60 bits per heavy atom. The van der Waals surface area contributed by atoms with Gasteiger partial charge in [-0.15, -0.1) is 0 Å². The summed E-state index contributed by atoms with van der Waals surface area (Å²) >= 11 is 2.01. The van der Waals surface area contributed by atoms with E-state index < -0.39 is 21.6 Å². The number of aromatic nitrogens is 1. The molecule has 3 rings (SSSR count). The first-order valence-electron chi connectivity index (χ1n) is 8.77. The number of amides is 1. The first-order valence-corrected chi connectivity index (χ1v) is 11.9. The number of halogens is 2. The third-order valence-corrected chi connectivity index (χ3v) is 5.72. The van der Waals surface area contributed by atoms with Crippen LogP contribution in [0.3, 0.4) is 0 Å². The fraction of sp³-hybridized carbons (Fsp3) is 0.143. The smallest absolute Gasteiger partial charge is 0.252 e. The molecule has 2 N–H and O–H groups in total. The Bertz CT molecular complexity index is 1220. The zero-order valence-corrected chi connectivity index (χ0v) is 18.9. The Hall–Kier alpha value is -2.53. The molecule has 0 aliphatic heterocycles. The van der Waals surface area contributed by atoms with E-state index in [1.54, 1.807) is 36.4 Å². The number of primary amides is 1. The van der Waals surface area contributed by atoms with Gasteiger partial charge in [-0.3, -0.25) is 9.78 Å². The van der Waals surface area contributed by atoms with Crippen LogP contribution in [-0.2, 0) is 22.0 Å². The standard InChI is InChI=1S/C21H18FIN2O4S/c1-30(27,28)12-13-3-2-4-17(7-13)29-19-11-25-10-15(20(19)21(24)26)8-14-5-6-16(23)9-18(14)22/h2-7,9-11H,8,12H2,1H3,(H2,24,26). The Balaban J connectivity index is 1.95. The van der Waals surface area contributed by atoms with Gasteiger partial charge in [-0.2, -0.15) is 0 Å². The van der Waals surface area contributed by atoms with E-state index in [1.165, 1.54) is 18.5 Å². The average molecular weight is 540 g/mol. The summed E-state index contributed by atoms with van der Waals surface area (Å²) in [5.74, 6) is -0.824. The highest BCUT2D eigenvalue weighted by atomic mass is 127. The van der Waals surface area contributed by atoms with Gasteiger partial charge in [0.2, 0.25) is 0 Å². The summed E-state index contributed by atoms with van der Waals surface area (Å²) in [4.78, 5) is 16.3. The summed E-state index contributed by atoms with van der Waals surface area (Å²) in [6, 6.07) is 11.3. The lowest BCUT2D eigenvalue weighted by atomic mass is 10.0. The second-order valence-electron chi connectivity index (χ2n) is 6.77. The van der Waals surface area contributed by atoms with Crippen LogP contribution >= 0.6 is 22.6 Å². The van der Waals surface area contributed by atoms with Gasteiger partial charge in [0.1, 0.15) is 11.6 Å². The number of hydrogen-bond acceptors (Lipinski definition) is 5. The van der Waals surface area contributed by atoms with E-state index in [9.17, 15) is 17.6 Å². The van der Waals surface area contributed by atoms with Crippen molar-refractivity contribution < 1.29 is 22.3 Å². The normalized spacial score (nSPS) is 11.3. The molecule has 2 aromatic carbocycles. The maximum atomic E-state index is 14.3. The number of carbonyl (C=O) groups excluding carboxylic acids is 1. The van der Waals surface area contributed by atoms with E-state index in [2.05, 4.69) is 4.98 Å². The lowest BCUT2D eigenvalue weighted by Crippen LogP contribution is -2.16. The summed E-state index contributed by atoms with van der Waals surface area (Å²) in [6.07, 6.45) is 4.05. The summed E-state index contributed by atoms with van der Waals surface area (Å²) < 4.78 is 43.9. The molecule has 0 bridgehead atoms. The highest BCUT2D eigenvalue weighted by Crippen LogP contribution is 2.29. The molecule has 1 aromatic heterocycles. The molecule has 0 spiro atoms. The van der Waals surface area contributed by atoms with Crippen LogP contribution in [0.15, 0.2) is 54.9 Å². The van der Waals surface area contributed by atoms with Gasteiger partial charge in [0.15, 0.2) is 15.6 Å². The first-order chi connectivity index (χ1) is 14.1. The minimum atomic E-state index is -3.21. The minimum absolute atomic E-state index is 0.0940. The monoisotopic (exact) mass is 540 g/mol. The number of sulfone groups is 1. The number of nitrogens with zero attached hydrogens (tertiary/aromatic N) is 1. The van der Waals surface area contributed by atoms with Gasteiger partial charge in [0.05, 0.1) is 17.5 Å². The molecule has 3 aromatic rings. The molecule has 9 heteroatoms. The Labute approximate surface area is 187 Å². The van der Waals surface area contributed by atoms with E-state index in [-0.39, 0.29) is 23.5 Å². The lowest BCUT2D eigenvalue weighted by molar-refractivity contribution is 0.0997. The van der Waals surface area contributed by atoms with Crippen molar-refractivity contribution in [1.29, 1.82) is 0 Å². The second kappa shape index (κ2) is 9.09. The average Bonchev–Trinajstić information content (AvgIpc) is 2.63. The van der Waals surface area contributed by atoms with Crippen LogP contribution in [0.1, 0.15) is 27.0 Å². The Morgan fingerprint density at radius 2 is 1.93 bits per heavy atom. The number of hydrogen-bond donors (Lipinski definition) is 1. The molecule has 0 unspecified atom stereocenters. The molecular weight excluding hydrogens is 522 g/mol. The quantitative estimate of drug-likeness (QED) is 0.459. The Kier molecular flexibility index (Phi) is 6.71. The molecule has 0 atom stereocenters. The van der Waals surface area contributed by atoms with Gasteiger partial charge < -0.3 is 10.5 Å². The zero-order chi connectivity index (χ0) is 21.9. The lowest BCUT2D eigenvalue weighted by Gasteiger charge is -2.14. The number of nitrogens with two attached hydrogens (primary N) is 1. The van der Waals surface area contributed by atoms with Crippen molar-refractivity contribution in [2.24, 2.45) is 5.73 Å². The molecule has 156 valence electrons. The van der Waals surface area contributed by atoms with Crippen LogP contribution in [0.5, 0.6) is 11.5 Å². The summed E-state index contributed by atoms with van der Waals surface area (Å²) in [7, 11) is -3.21. The predicted octanol–water partition coefficient (Wildman–Crippen LogP) is 3.85. The van der Waals surface area contributed by atoms with E-state index in [4.69, 9.17) is 10.5 Å². The molecule has 30 heavy (non-hydrogen) atoms. The molecule has 1 amide bonds. The maximum absolute atomic E-state index is 14.3. The number of carbonyl (C=O) groups is 1. The van der Waals surface area contributed by atoms with Gasteiger partial charge >= 0.3 is 0 Å². The van der Waals surface area contributed by atoms with Crippen molar-refractivity contribution in [2.75, 3.05) is 6.26 Å². The van der Waals surface area contributed by atoms with Gasteiger partial charge in [-0.1, -0.05) is 18.2 Å². The number of benzene rings is 2. The number of pyridine rings is 1. The third kappa shape index (κ3) is 5.76. The molecule has 0 radical (unpaired) electrons. The summed E-state index contributed by atoms with van der Waals surface area (Å²) in [5, 5.41) is 0. The molecule has 0 aliphatic carbocycles. The maximum Gasteiger partial charge on any atom is 0.252 e. The van der Waals surface area contributed by atoms with E-state index in [0.717, 1.165) is 9.83 Å². The zero-order valence-electron chi connectivity index (χ0n) is 15.9. The summed E-state index contributed by atoms with van der Waals surface area (Å²) in [5.41, 5.74) is 7.03. The van der Waals surface area contributed by atoms with Gasteiger partial charge in [-0.25, -0.2) is 12.8 Å². The van der Waals surface area contributed by atoms with Crippen molar-refractivity contribution in [2.45, 2.75) is 12.2 Å². The van der Waals surface area contributed by atoms with Crippen molar-refractivity contribution >= 4 is 38.3 Å². The number of rotatable bonds is 7. The largest absolute Gasteiger partial charge is 0.455 e. The fourth-order valence-corrected chi connectivity index (χ4v) is 4.21. The molecule has 0 saturated carbocycles. The predicted molar refractivity (Wildman–Crippen MR) is 120 cm³/mol. The molecule has 0 aliphatic rings. The molecular formula is C21H18FIN2O4S. The third-order valence-electron chi connectivity index (χ3n) is 4.19. The van der Waals surface area contributed by atoms with Crippen molar-refractivity contribution in [1.82, 2.24) is 4.98 Å². The van der Waals surface area contributed by atoms with Crippen molar-refractivity contribution in [3.05, 3.63) is 86.5 Å². The van der Waals surface area contributed by atoms with E-state index >= 15 is 0 Å². The van der Waals surface area contributed by atoms with Crippen LogP contribution < -0.4 is 10.5 Å². The molecule has 1 heterocycles. The van der Waals surface area contributed by atoms with Crippen LogP contribution in [0, 0.1) is 9.39 Å². The van der Waals surface area contributed by atoms with E-state index in [1.807, 2.05) is 22.6 Å². The Morgan fingerprint density at radius 1 is 1.17 bits per heavy atom. The first kappa shape index (κ1) is 22.2. The highest BCUT2D eigenvalue weighted by molar-refractivity contribution is 14.1.